The van der Waals surface area contributed by atoms with Crippen molar-refractivity contribution in [3.05, 3.63) is 86.1 Å². The molecule has 0 bridgehead atoms. The minimum atomic E-state index is -0.792. The van der Waals surface area contributed by atoms with Crippen molar-refractivity contribution in [3.63, 3.8) is 0 Å². The Hall–Kier alpha value is -4.40. The van der Waals surface area contributed by atoms with Crippen molar-refractivity contribution in [2.45, 2.75) is 6.54 Å². The lowest BCUT2D eigenvalue weighted by Gasteiger charge is -2.11. The first kappa shape index (κ1) is 20.9. The normalized spacial score (nSPS) is 13.6. The first-order valence-corrected chi connectivity index (χ1v) is 9.60. The van der Waals surface area contributed by atoms with E-state index >= 15 is 0 Å². The van der Waals surface area contributed by atoms with Gasteiger partial charge in [-0.05, 0) is 29.8 Å². The minimum Gasteiger partial charge on any atom is -0.497 e. The highest BCUT2D eigenvalue weighted by atomic mass is 16.5. The topological polar surface area (TPSA) is 123 Å². The molecule has 0 atom stereocenters. The summed E-state index contributed by atoms with van der Waals surface area (Å²) in [5.74, 6) is -0.572. The van der Waals surface area contributed by atoms with E-state index in [0.717, 1.165) is 4.57 Å². The highest BCUT2D eigenvalue weighted by molar-refractivity contribution is 6.58. The van der Waals surface area contributed by atoms with Crippen LogP contribution in [0.3, 0.4) is 0 Å². The second-order valence-corrected chi connectivity index (χ2v) is 6.96. The fourth-order valence-electron chi connectivity index (χ4n) is 3.42. The lowest BCUT2D eigenvalue weighted by molar-refractivity contribution is -0.132. The molecule has 162 valence electrons. The van der Waals surface area contributed by atoms with Crippen LogP contribution < -0.4 is 16.0 Å². The molecular weight excluding hydrogens is 414 g/mol. The van der Waals surface area contributed by atoms with E-state index in [-0.39, 0.29) is 17.8 Å². The number of H-pyrrole nitrogens is 1. The van der Waals surface area contributed by atoms with Gasteiger partial charge in [-0.3, -0.25) is 14.3 Å². The number of aromatic amines is 1. The average Bonchev–Trinajstić information content (AvgIpc) is 3.17. The number of carbonyl (C=O) groups is 1. The SMILES string of the molecule is COC(=O)C1=Nc2ccccc2/C1=C\c1c(O)n(Cc2ccc(OC)cc2)c(=O)[nH]c1=O. The number of aromatic hydroxyl groups is 1. The van der Waals surface area contributed by atoms with E-state index in [4.69, 9.17) is 9.47 Å². The van der Waals surface area contributed by atoms with E-state index in [1.807, 2.05) is 0 Å². The fraction of sp³-hybridized carbons (Fsp3) is 0.130. The zero-order valence-electron chi connectivity index (χ0n) is 17.3. The summed E-state index contributed by atoms with van der Waals surface area (Å²) in [5, 5.41) is 10.8. The second-order valence-electron chi connectivity index (χ2n) is 6.96. The summed E-state index contributed by atoms with van der Waals surface area (Å²) in [5.41, 5.74) is 0.404. The minimum absolute atomic E-state index is 0.000374. The Bertz CT molecular complexity index is 1380. The maximum atomic E-state index is 12.5. The van der Waals surface area contributed by atoms with Gasteiger partial charge in [-0.2, -0.15) is 0 Å². The number of hydrogen-bond donors (Lipinski definition) is 2. The summed E-state index contributed by atoms with van der Waals surface area (Å²) in [4.78, 5) is 43.7. The molecule has 0 saturated carbocycles. The van der Waals surface area contributed by atoms with Crippen molar-refractivity contribution < 1.29 is 19.4 Å². The molecule has 9 heteroatoms. The second kappa shape index (κ2) is 8.38. The van der Waals surface area contributed by atoms with Gasteiger partial charge in [0.05, 0.1) is 26.5 Å². The molecule has 0 fully saturated rings. The predicted molar refractivity (Wildman–Crippen MR) is 119 cm³/mol. The van der Waals surface area contributed by atoms with Gasteiger partial charge in [0.2, 0.25) is 5.88 Å². The van der Waals surface area contributed by atoms with Gasteiger partial charge in [-0.15, -0.1) is 0 Å². The molecule has 2 N–H and O–H groups in total. The molecular formula is C23H19N3O6. The van der Waals surface area contributed by atoms with Gasteiger partial charge in [0.25, 0.3) is 5.56 Å². The van der Waals surface area contributed by atoms with Gasteiger partial charge >= 0.3 is 11.7 Å². The zero-order chi connectivity index (χ0) is 22.8. The summed E-state index contributed by atoms with van der Waals surface area (Å²) >= 11 is 0. The highest BCUT2D eigenvalue weighted by Gasteiger charge is 2.28. The van der Waals surface area contributed by atoms with Gasteiger partial charge in [-0.1, -0.05) is 30.3 Å². The number of nitrogens with zero attached hydrogens (tertiary/aromatic N) is 2. The number of rotatable bonds is 5. The first-order chi connectivity index (χ1) is 15.4. The number of methoxy groups -OCH3 is 2. The Labute approximate surface area is 181 Å². The number of carbonyl (C=O) groups excluding carboxylic acids is 1. The molecule has 0 spiro atoms. The largest absolute Gasteiger partial charge is 0.497 e. The molecule has 0 saturated heterocycles. The number of para-hydroxylation sites is 1. The van der Waals surface area contributed by atoms with Crippen LogP contribution in [0.5, 0.6) is 11.6 Å². The molecule has 0 radical (unpaired) electrons. The molecule has 32 heavy (non-hydrogen) atoms. The van der Waals surface area contributed by atoms with Gasteiger partial charge in [0, 0.05) is 11.1 Å². The average molecular weight is 433 g/mol. The molecule has 0 amide bonds. The van der Waals surface area contributed by atoms with Crippen LogP contribution in [-0.2, 0) is 16.1 Å². The quantitative estimate of drug-likeness (QED) is 0.594. The maximum absolute atomic E-state index is 12.5. The van der Waals surface area contributed by atoms with Crippen molar-refractivity contribution in [2.24, 2.45) is 4.99 Å². The third kappa shape index (κ3) is 3.71. The van der Waals surface area contributed by atoms with Gasteiger partial charge in [0.15, 0.2) is 5.71 Å². The van der Waals surface area contributed by atoms with Crippen molar-refractivity contribution >= 4 is 29.0 Å². The number of ether oxygens (including phenoxy) is 2. The summed E-state index contributed by atoms with van der Waals surface area (Å²) < 4.78 is 11.0. The van der Waals surface area contributed by atoms with Crippen molar-refractivity contribution in [1.29, 1.82) is 0 Å². The summed E-state index contributed by atoms with van der Waals surface area (Å²) in [7, 11) is 2.77. The predicted octanol–water partition coefficient (Wildman–Crippen LogP) is 2.10. The van der Waals surface area contributed by atoms with Crippen LogP contribution in [0, 0.1) is 0 Å². The number of fused-ring (bicyclic) bond motifs is 1. The molecule has 0 unspecified atom stereocenters. The third-order valence-electron chi connectivity index (χ3n) is 5.06. The maximum Gasteiger partial charge on any atom is 0.357 e. The van der Waals surface area contributed by atoms with Crippen LogP contribution in [0.1, 0.15) is 16.7 Å². The summed E-state index contributed by atoms with van der Waals surface area (Å²) in [6.07, 6.45) is 1.33. The number of esters is 1. The van der Waals surface area contributed by atoms with Crippen LogP contribution in [0.25, 0.3) is 11.6 Å². The molecule has 1 aliphatic rings. The van der Waals surface area contributed by atoms with Gasteiger partial charge in [-0.25, -0.2) is 14.6 Å². The molecule has 4 rings (SSSR count). The Kier molecular flexibility index (Phi) is 5.46. The number of aromatic nitrogens is 2. The molecule has 1 aromatic heterocycles. The summed E-state index contributed by atoms with van der Waals surface area (Å²) in [6, 6.07) is 13.9. The molecule has 9 nitrogen and oxygen atoms in total. The zero-order valence-corrected chi connectivity index (χ0v) is 17.3. The van der Waals surface area contributed by atoms with E-state index in [0.29, 0.717) is 28.1 Å². The Morgan fingerprint density at radius 1 is 1.12 bits per heavy atom. The monoisotopic (exact) mass is 433 g/mol. The van der Waals surface area contributed by atoms with Gasteiger partial charge in [0.1, 0.15) is 11.3 Å². The summed E-state index contributed by atoms with van der Waals surface area (Å²) in [6.45, 7) is 0.0101. The van der Waals surface area contributed by atoms with Crippen LogP contribution in [0.2, 0.25) is 0 Å². The molecule has 0 aliphatic carbocycles. The lowest BCUT2D eigenvalue weighted by atomic mass is 10.0. The standard InChI is InChI=1S/C23H19N3O6/c1-31-14-9-7-13(8-10-14)12-26-21(28)17(20(27)25-23(26)30)11-16-15-5-3-4-6-18(15)24-19(16)22(29)32-2/h3-11,28H,12H2,1-2H3,(H,25,27,30)/b16-11+. The van der Waals surface area contributed by atoms with Crippen LogP contribution >= 0.6 is 0 Å². The van der Waals surface area contributed by atoms with Crippen LogP contribution in [0.4, 0.5) is 5.69 Å². The van der Waals surface area contributed by atoms with E-state index in [2.05, 4.69) is 9.98 Å². The molecule has 1 aliphatic heterocycles. The van der Waals surface area contributed by atoms with E-state index in [1.165, 1.54) is 13.2 Å². The Morgan fingerprint density at radius 2 is 1.84 bits per heavy atom. The van der Waals surface area contributed by atoms with Crippen LogP contribution in [-0.4, -0.2) is 40.6 Å². The molecule has 2 aromatic carbocycles. The van der Waals surface area contributed by atoms with E-state index < -0.39 is 23.1 Å². The van der Waals surface area contributed by atoms with Crippen LogP contribution in [0.15, 0.2) is 63.1 Å². The number of hydrogen-bond acceptors (Lipinski definition) is 7. The fourth-order valence-corrected chi connectivity index (χ4v) is 3.42. The Morgan fingerprint density at radius 3 is 2.53 bits per heavy atom. The number of benzene rings is 2. The van der Waals surface area contributed by atoms with Crippen molar-refractivity contribution in [3.8, 4) is 11.6 Å². The van der Waals surface area contributed by atoms with E-state index in [9.17, 15) is 19.5 Å². The van der Waals surface area contributed by atoms with E-state index in [1.54, 1.807) is 55.6 Å². The smallest absolute Gasteiger partial charge is 0.357 e. The van der Waals surface area contributed by atoms with Crippen molar-refractivity contribution in [2.75, 3.05) is 14.2 Å². The van der Waals surface area contributed by atoms with Crippen molar-refractivity contribution in [1.82, 2.24) is 9.55 Å². The lowest BCUT2D eigenvalue weighted by Crippen LogP contribution is -2.31. The number of nitrogens with one attached hydrogen (secondary N) is 1. The Balaban J connectivity index is 1.83. The van der Waals surface area contributed by atoms with Gasteiger partial charge < -0.3 is 14.6 Å². The molecule has 2 heterocycles. The number of aliphatic imine (C=N–C) groups is 1. The first-order valence-electron chi connectivity index (χ1n) is 9.60. The molecule has 3 aromatic rings. The third-order valence-corrected chi connectivity index (χ3v) is 5.06. The highest BCUT2D eigenvalue weighted by Crippen LogP contribution is 2.36.